The van der Waals surface area contributed by atoms with Gasteiger partial charge >= 0.3 is 0 Å². The van der Waals surface area contributed by atoms with Crippen LogP contribution in [0.25, 0.3) is 128 Å². The summed E-state index contributed by atoms with van der Waals surface area (Å²) in [5, 5.41) is 30.8. The number of para-hydroxylation sites is 3. The molecule has 0 aliphatic rings. The standard InChI is InChI=1S/C24H17NOS.2C23H15NOS.2Zn/c1-26-22-13-12-19(18-11-10-16-6-2-3-7-17(16)14-18)15-20(22)24-25-21-8-4-5-9-23(21)27-24;2*25-21-12-11-18(17-10-9-15-5-1-2-6-16(15)13-17)14-19(21)23-24-20-7-3-4-8-22(20)26-23;;/h2-15H,1H3;2*1-14,25H;;. The third kappa shape index (κ3) is 11.6. The fourth-order valence-electron chi connectivity index (χ4n) is 9.90. The van der Waals surface area contributed by atoms with Crippen LogP contribution in [0.1, 0.15) is 0 Å². The van der Waals surface area contributed by atoms with Gasteiger partial charge in [-0.05, 0) is 157 Å². The van der Waals surface area contributed by atoms with Crippen molar-refractivity contribution in [2.75, 3.05) is 7.11 Å². The second-order valence-corrected chi connectivity index (χ2v) is 22.1. The number of aromatic hydroxyl groups is 2. The summed E-state index contributed by atoms with van der Waals surface area (Å²) in [7, 11) is 1.71. The van der Waals surface area contributed by atoms with Crippen molar-refractivity contribution >= 4 is 97.0 Å². The Bertz CT molecular complexity index is 4450. The van der Waals surface area contributed by atoms with Crippen molar-refractivity contribution in [3.05, 3.63) is 255 Å². The Morgan fingerprint density at radius 2 is 0.580 bits per heavy atom. The molecule has 2 N–H and O–H groups in total. The van der Waals surface area contributed by atoms with E-state index in [0.29, 0.717) is 0 Å². The molecule has 0 bridgehead atoms. The van der Waals surface area contributed by atoms with Crippen molar-refractivity contribution in [1.29, 1.82) is 0 Å². The van der Waals surface area contributed by atoms with E-state index < -0.39 is 0 Å². The normalized spacial score (nSPS) is 10.9. The monoisotopic (exact) mass is 1200 g/mol. The summed E-state index contributed by atoms with van der Waals surface area (Å²) in [6.07, 6.45) is 0. The minimum absolute atomic E-state index is 0. The molecular weight excluding hydrogens is 1160 g/mol. The van der Waals surface area contributed by atoms with Gasteiger partial charge in [-0.25, -0.2) is 15.0 Å². The van der Waals surface area contributed by atoms with Gasteiger partial charge in [0.2, 0.25) is 0 Å². The number of hydrogen-bond donors (Lipinski definition) is 2. The number of hydrogen-bond acceptors (Lipinski definition) is 9. The zero-order chi connectivity index (χ0) is 53.2. The molecule has 0 amide bonds. The van der Waals surface area contributed by atoms with E-state index >= 15 is 0 Å². The Morgan fingerprint density at radius 1 is 0.296 bits per heavy atom. The number of phenols is 2. The van der Waals surface area contributed by atoms with Gasteiger partial charge in [0.05, 0.1) is 54.5 Å². The molecule has 0 fully saturated rings. The fraction of sp³-hybridized carbons (Fsp3) is 0.0143. The van der Waals surface area contributed by atoms with Crippen LogP contribution in [-0.2, 0) is 39.0 Å². The number of ether oxygens (including phenoxy) is 1. The predicted molar refractivity (Wildman–Crippen MR) is 334 cm³/mol. The zero-order valence-corrected chi connectivity index (χ0v) is 52.4. The number of benzene rings is 12. The van der Waals surface area contributed by atoms with Gasteiger partial charge in [-0.1, -0.05) is 164 Å². The van der Waals surface area contributed by atoms with Gasteiger partial charge < -0.3 is 14.9 Å². The molecule has 0 unspecified atom stereocenters. The first-order valence-corrected chi connectivity index (χ1v) is 28.2. The van der Waals surface area contributed by atoms with Crippen molar-refractivity contribution in [2.45, 2.75) is 0 Å². The Morgan fingerprint density at radius 3 is 0.938 bits per heavy atom. The van der Waals surface area contributed by atoms with Crippen LogP contribution in [0.3, 0.4) is 0 Å². The minimum atomic E-state index is 0. The van der Waals surface area contributed by atoms with E-state index in [1.807, 2.05) is 91.0 Å². The van der Waals surface area contributed by atoms with Gasteiger partial charge in [0.25, 0.3) is 0 Å². The molecule has 15 aromatic rings. The van der Waals surface area contributed by atoms with Crippen molar-refractivity contribution in [2.24, 2.45) is 0 Å². The SMILES string of the molecule is COc1ccc(-c2ccc3ccccc3c2)cc1-c1nc2ccccc2s1.Oc1ccc(-c2ccc3ccccc3c2)cc1-c1nc2ccccc2s1.Oc1ccc(-c2ccc3ccccc3c2)cc1-c1nc2ccccc2s1.[Zn].[Zn]. The van der Waals surface area contributed by atoms with E-state index in [0.717, 1.165) is 91.2 Å². The third-order valence-corrected chi connectivity index (χ3v) is 17.2. The fourth-order valence-corrected chi connectivity index (χ4v) is 12.9. The maximum absolute atomic E-state index is 10.4. The molecule has 0 atom stereocenters. The van der Waals surface area contributed by atoms with Crippen molar-refractivity contribution < 1.29 is 53.9 Å². The summed E-state index contributed by atoms with van der Waals surface area (Å²) in [5.74, 6) is 1.36. The van der Waals surface area contributed by atoms with E-state index in [-0.39, 0.29) is 50.5 Å². The molecular formula is C70H47N3O3S3Zn2. The third-order valence-electron chi connectivity index (χ3n) is 14.0. The molecule has 15 rings (SSSR count). The Labute approximate surface area is 505 Å². The van der Waals surface area contributed by atoms with E-state index in [2.05, 4.69) is 162 Å². The predicted octanol–water partition coefficient (Wildman–Crippen LogP) is 19.8. The van der Waals surface area contributed by atoms with Crippen LogP contribution in [0.2, 0.25) is 0 Å². The minimum Gasteiger partial charge on any atom is -0.507 e. The summed E-state index contributed by atoms with van der Waals surface area (Å²) >= 11 is 4.89. The Balaban J connectivity index is 0.000000126. The van der Waals surface area contributed by atoms with E-state index in [9.17, 15) is 10.2 Å². The molecule has 0 aliphatic carbocycles. The average Bonchev–Trinajstić information content (AvgIpc) is 4.32. The molecule has 3 heterocycles. The van der Waals surface area contributed by atoms with Crippen LogP contribution in [-0.4, -0.2) is 32.3 Å². The Hall–Kier alpha value is -8.26. The van der Waals surface area contributed by atoms with Gasteiger partial charge in [-0.15, -0.1) is 34.0 Å². The maximum Gasteiger partial charge on any atom is 0.129 e. The van der Waals surface area contributed by atoms with Crippen molar-refractivity contribution in [3.8, 4) is 82.3 Å². The summed E-state index contributed by atoms with van der Waals surface area (Å²) in [6, 6.07) is 86.7. The molecule has 0 aliphatic heterocycles. The first-order valence-electron chi connectivity index (χ1n) is 25.8. The molecule has 6 nitrogen and oxygen atoms in total. The number of thiazole rings is 3. The average molecular weight is 1210 g/mol. The summed E-state index contributed by atoms with van der Waals surface area (Å²) in [4.78, 5) is 14.2. The smallest absolute Gasteiger partial charge is 0.129 e. The first kappa shape index (κ1) is 54.7. The molecule has 0 radical (unpaired) electrons. The number of methoxy groups -OCH3 is 1. The van der Waals surface area contributed by atoms with Crippen molar-refractivity contribution in [3.63, 3.8) is 0 Å². The first-order chi connectivity index (χ1) is 38.9. The second kappa shape index (κ2) is 24.2. The largest absolute Gasteiger partial charge is 0.507 e. The van der Waals surface area contributed by atoms with Gasteiger partial charge in [0, 0.05) is 39.0 Å². The van der Waals surface area contributed by atoms with Gasteiger partial charge in [0.1, 0.15) is 32.3 Å². The van der Waals surface area contributed by atoms with E-state index in [1.54, 1.807) is 53.3 Å². The number of phenolic OH excluding ortho intramolecular Hbond substituents is 2. The number of aromatic nitrogens is 3. The van der Waals surface area contributed by atoms with E-state index in [1.165, 1.54) is 42.6 Å². The number of nitrogens with zero attached hydrogens (tertiary/aromatic N) is 3. The van der Waals surface area contributed by atoms with Crippen LogP contribution >= 0.6 is 34.0 Å². The van der Waals surface area contributed by atoms with Crippen LogP contribution in [0.5, 0.6) is 17.2 Å². The molecule has 0 saturated heterocycles. The van der Waals surface area contributed by atoms with E-state index in [4.69, 9.17) is 9.72 Å². The molecule has 3 aromatic heterocycles. The topological polar surface area (TPSA) is 88.4 Å². The molecule has 0 saturated carbocycles. The number of rotatable bonds is 7. The van der Waals surface area contributed by atoms with Gasteiger partial charge in [-0.3, -0.25) is 0 Å². The van der Waals surface area contributed by atoms with Crippen LogP contribution in [0.15, 0.2) is 255 Å². The summed E-state index contributed by atoms with van der Waals surface area (Å²) in [6.45, 7) is 0. The van der Waals surface area contributed by atoms with Gasteiger partial charge in [-0.2, -0.15) is 0 Å². The maximum atomic E-state index is 10.4. The summed E-state index contributed by atoms with van der Waals surface area (Å²) in [5.41, 5.74) is 12.3. The van der Waals surface area contributed by atoms with Crippen LogP contribution in [0.4, 0.5) is 0 Å². The molecule has 382 valence electrons. The molecule has 12 aromatic carbocycles. The zero-order valence-electron chi connectivity index (χ0n) is 44.0. The number of fused-ring (bicyclic) bond motifs is 6. The quantitative estimate of drug-likeness (QED) is 0.155. The molecule has 11 heteroatoms. The Kier molecular flexibility index (Phi) is 16.4. The molecule has 0 spiro atoms. The van der Waals surface area contributed by atoms with Crippen molar-refractivity contribution in [1.82, 2.24) is 15.0 Å². The van der Waals surface area contributed by atoms with Gasteiger partial charge in [0.15, 0.2) is 0 Å². The van der Waals surface area contributed by atoms with Crippen LogP contribution < -0.4 is 4.74 Å². The van der Waals surface area contributed by atoms with Crippen LogP contribution in [0, 0.1) is 0 Å². The second-order valence-electron chi connectivity index (χ2n) is 19.0. The summed E-state index contributed by atoms with van der Waals surface area (Å²) < 4.78 is 9.06. The molecule has 81 heavy (non-hydrogen) atoms.